The van der Waals surface area contributed by atoms with E-state index in [-0.39, 0.29) is 49.0 Å². The summed E-state index contributed by atoms with van der Waals surface area (Å²) in [5.41, 5.74) is 0. The standard InChI is InChI=1S/C30H59O10P.Na/c1-3-5-7-9-11-13-15-17-19-21-29(33)37-25-28(26-39-41(35,36)38-24-27(32)23-31)40-30(34)22-20-18-16-14-12-10-8-6-4-2;/h27-28,31-32H,3-26H2,1-2H3,(H,35,36);/q;+1/p-1/t27-,28-;/m0./s1. The number of esters is 2. The molecule has 0 aliphatic rings. The summed E-state index contributed by atoms with van der Waals surface area (Å²) in [5, 5.41) is 18.1. The van der Waals surface area contributed by atoms with Crippen molar-refractivity contribution in [3.63, 3.8) is 0 Å². The molecule has 244 valence electrons. The maximum Gasteiger partial charge on any atom is 1.00 e. The van der Waals surface area contributed by atoms with Crippen molar-refractivity contribution in [2.45, 2.75) is 154 Å². The van der Waals surface area contributed by atoms with Crippen molar-refractivity contribution in [3.8, 4) is 0 Å². The Morgan fingerprint density at radius 2 is 1.07 bits per heavy atom. The molecule has 0 bridgehead atoms. The zero-order valence-electron chi connectivity index (χ0n) is 26.7. The summed E-state index contributed by atoms with van der Waals surface area (Å²) < 4.78 is 31.9. The summed E-state index contributed by atoms with van der Waals surface area (Å²) in [6.45, 7) is 2.11. The first-order chi connectivity index (χ1) is 19.7. The van der Waals surface area contributed by atoms with Crippen LogP contribution in [0, 0.1) is 0 Å². The number of carbonyl (C=O) groups is 2. The van der Waals surface area contributed by atoms with E-state index in [1.165, 1.54) is 64.2 Å². The molecule has 0 rings (SSSR count). The molecule has 0 radical (unpaired) electrons. The molecule has 0 aromatic rings. The maximum atomic E-state index is 12.4. The molecule has 10 nitrogen and oxygen atoms in total. The molecule has 0 aliphatic carbocycles. The first-order valence-electron chi connectivity index (χ1n) is 16.0. The van der Waals surface area contributed by atoms with E-state index in [4.69, 9.17) is 19.1 Å². The molecule has 12 heteroatoms. The van der Waals surface area contributed by atoms with Gasteiger partial charge in [-0.1, -0.05) is 117 Å². The van der Waals surface area contributed by atoms with Gasteiger partial charge < -0.3 is 33.6 Å². The van der Waals surface area contributed by atoms with E-state index in [1.807, 2.05) is 0 Å². The quantitative estimate of drug-likeness (QED) is 0.0523. The molecule has 0 saturated carbocycles. The molecule has 0 aromatic carbocycles. The van der Waals surface area contributed by atoms with Gasteiger partial charge in [0.1, 0.15) is 12.7 Å². The maximum absolute atomic E-state index is 12.4. The predicted octanol–water partition coefficient (Wildman–Crippen LogP) is 3.14. The zero-order valence-corrected chi connectivity index (χ0v) is 29.6. The van der Waals surface area contributed by atoms with E-state index in [0.29, 0.717) is 12.8 Å². The molecule has 1 unspecified atom stereocenters. The van der Waals surface area contributed by atoms with Gasteiger partial charge in [-0.15, -0.1) is 0 Å². The fraction of sp³-hybridized carbons (Fsp3) is 0.933. The Kier molecular flexibility index (Phi) is 32.5. The molecule has 2 N–H and O–H groups in total. The van der Waals surface area contributed by atoms with Gasteiger partial charge in [0, 0.05) is 12.8 Å². The number of aliphatic hydroxyl groups is 2. The van der Waals surface area contributed by atoms with Gasteiger partial charge in [-0.3, -0.25) is 14.2 Å². The monoisotopic (exact) mass is 632 g/mol. The minimum atomic E-state index is -4.84. The third kappa shape index (κ3) is 30.0. The van der Waals surface area contributed by atoms with E-state index in [2.05, 4.69) is 18.4 Å². The molecule has 0 aromatic heterocycles. The van der Waals surface area contributed by atoms with Crippen molar-refractivity contribution >= 4 is 19.8 Å². The third-order valence-corrected chi connectivity index (χ3v) is 7.68. The average Bonchev–Trinajstić information content (AvgIpc) is 2.95. The Morgan fingerprint density at radius 3 is 1.52 bits per heavy atom. The van der Waals surface area contributed by atoms with Crippen molar-refractivity contribution in [2.24, 2.45) is 0 Å². The van der Waals surface area contributed by atoms with Gasteiger partial charge in [0.15, 0.2) is 6.10 Å². The number of unbranched alkanes of at least 4 members (excludes halogenated alkanes) is 16. The van der Waals surface area contributed by atoms with Crippen LogP contribution < -0.4 is 34.5 Å². The van der Waals surface area contributed by atoms with Crippen molar-refractivity contribution in [1.29, 1.82) is 0 Å². The van der Waals surface area contributed by atoms with Crippen LogP contribution in [0.2, 0.25) is 0 Å². The Bertz CT molecular complexity index is 682. The van der Waals surface area contributed by atoms with Crippen LogP contribution in [-0.4, -0.2) is 60.8 Å². The normalized spacial score (nSPS) is 14.0. The molecule has 0 amide bonds. The second-order valence-corrected chi connectivity index (χ2v) is 12.2. The summed E-state index contributed by atoms with van der Waals surface area (Å²) in [6.07, 6.45) is 17.9. The number of hydrogen-bond acceptors (Lipinski definition) is 10. The van der Waals surface area contributed by atoms with E-state index >= 15 is 0 Å². The van der Waals surface area contributed by atoms with Crippen LogP contribution in [0.1, 0.15) is 142 Å². The number of phosphoric acid groups is 1. The number of phosphoric ester groups is 1. The molecule has 0 aliphatic heterocycles. The third-order valence-electron chi connectivity index (χ3n) is 6.75. The number of rotatable bonds is 30. The minimum absolute atomic E-state index is 0. The van der Waals surface area contributed by atoms with Crippen LogP contribution in [0.25, 0.3) is 0 Å². The summed E-state index contributed by atoms with van der Waals surface area (Å²) in [6, 6.07) is 0. The van der Waals surface area contributed by atoms with E-state index in [9.17, 15) is 24.2 Å². The molecular formula is C30H58NaO10P. The van der Waals surface area contributed by atoms with Crippen molar-refractivity contribution in [1.82, 2.24) is 0 Å². The van der Waals surface area contributed by atoms with Crippen LogP contribution in [0.5, 0.6) is 0 Å². The minimum Gasteiger partial charge on any atom is -0.756 e. The second-order valence-electron chi connectivity index (χ2n) is 10.8. The largest absolute Gasteiger partial charge is 1.00 e. The van der Waals surface area contributed by atoms with Crippen molar-refractivity contribution in [2.75, 3.05) is 26.4 Å². The number of aliphatic hydroxyl groups excluding tert-OH is 2. The van der Waals surface area contributed by atoms with Crippen LogP contribution in [0.4, 0.5) is 0 Å². The zero-order chi connectivity index (χ0) is 30.6. The van der Waals surface area contributed by atoms with Crippen molar-refractivity contribution in [3.05, 3.63) is 0 Å². The Balaban J connectivity index is 0. The van der Waals surface area contributed by atoms with Gasteiger partial charge in [-0.25, -0.2) is 0 Å². The van der Waals surface area contributed by atoms with Crippen LogP contribution in [-0.2, 0) is 32.7 Å². The molecule has 3 atom stereocenters. The van der Waals surface area contributed by atoms with Gasteiger partial charge in [0.2, 0.25) is 0 Å². The van der Waals surface area contributed by atoms with Gasteiger partial charge in [0.05, 0.1) is 19.8 Å². The summed E-state index contributed by atoms with van der Waals surface area (Å²) in [5.74, 6) is -0.963. The smallest absolute Gasteiger partial charge is 0.756 e. The number of carbonyl (C=O) groups excluding carboxylic acids is 2. The molecule has 0 heterocycles. The van der Waals surface area contributed by atoms with E-state index < -0.39 is 51.8 Å². The average molecular weight is 633 g/mol. The second kappa shape index (κ2) is 31.0. The number of hydrogen-bond donors (Lipinski definition) is 2. The Morgan fingerprint density at radius 1 is 0.667 bits per heavy atom. The van der Waals surface area contributed by atoms with E-state index in [0.717, 1.165) is 38.5 Å². The predicted molar refractivity (Wildman–Crippen MR) is 157 cm³/mol. The van der Waals surface area contributed by atoms with Crippen molar-refractivity contribution < 1.29 is 77.3 Å². The molecular weight excluding hydrogens is 574 g/mol. The number of ether oxygens (including phenoxy) is 2. The summed E-state index contributed by atoms with van der Waals surface area (Å²) in [7, 11) is -4.84. The molecule has 0 saturated heterocycles. The van der Waals surface area contributed by atoms with Crippen LogP contribution in [0.15, 0.2) is 0 Å². The molecule has 0 fully saturated rings. The van der Waals surface area contributed by atoms with Crippen LogP contribution in [0.3, 0.4) is 0 Å². The van der Waals surface area contributed by atoms with Gasteiger partial charge in [-0.05, 0) is 12.8 Å². The fourth-order valence-corrected chi connectivity index (χ4v) is 5.00. The topological polar surface area (TPSA) is 152 Å². The van der Waals surface area contributed by atoms with Gasteiger partial charge in [0.25, 0.3) is 7.82 Å². The molecule has 42 heavy (non-hydrogen) atoms. The summed E-state index contributed by atoms with van der Waals surface area (Å²) >= 11 is 0. The Labute approximate surface area is 276 Å². The van der Waals surface area contributed by atoms with Gasteiger partial charge in [-0.2, -0.15) is 0 Å². The van der Waals surface area contributed by atoms with Gasteiger partial charge >= 0.3 is 41.5 Å². The first-order valence-corrected chi connectivity index (χ1v) is 17.4. The SMILES string of the molecule is CCCCCCCCCCCC(=O)OC[C@@H](COP(=O)([O-])OC[C@@H](O)CO)OC(=O)CCCCCCCCCCC.[Na+]. The molecule has 0 spiro atoms. The van der Waals surface area contributed by atoms with E-state index in [1.54, 1.807) is 0 Å². The van der Waals surface area contributed by atoms with Crippen LogP contribution >= 0.6 is 7.82 Å². The first kappa shape index (κ1) is 44.1. The summed E-state index contributed by atoms with van der Waals surface area (Å²) in [4.78, 5) is 36.6. The fourth-order valence-electron chi connectivity index (χ4n) is 4.22. The Hall–Kier alpha value is -0.0300.